The summed E-state index contributed by atoms with van der Waals surface area (Å²) >= 11 is 0. The third kappa shape index (κ3) is 4.71. The first kappa shape index (κ1) is 30.8. The summed E-state index contributed by atoms with van der Waals surface area (Å²) in [5, 5.41) is 21.0. The summed E-state index contributed by atoms with van der Waals surface area (Å²) in [7, 11) is 0. The Balaban J connectivity index is 1.18. The van der Waals surface area contributed by atoms with Crippen LogP contribution in [0.3, 0.4) is 0 Å². The Hall–Kier alpha value is -3.25. The molecule has 2 N–H and O–H groups in total. The van der Waals surface area contributed by atoms with Crippen molar-refractivity contribution < 1.29 is 19.0 Å². The van der Waals surface area contributed by atoms with Gasteiger partial charge in [-0.3, -0.25) is 9.88 Å². The van der Waals surface area contributed by atoms with Crippen LogP contribution in [0.5, 0.6) is 6.01 Å². The summed E-state index contributed by atoms with van der Waals surface area (Å²) in [5.41, 5.74) is 4.57. The van der Waals surface area contributed by atoms with Crippen molar-refractivity contribution in [3.8, 4) is 17.3 Å². The van der Waals surface area contributed by atoms with Gasteiger partial charge in [-0.2, -0.15) is 15.1 Å². The molecule has 48 heavy (non-hydrogen) atoms. The van der Waals surface area contributed by atoms with Gasteiger partial charge in [-0.1, -0.05) is 0 Å². The van der Waals surface area contributed by atoms with Gasteiger partial charge in [-0.05, 0) is 120 Å². The molecule has 4 unspecified atom stereocenters. The molecule has 1 aliphatic carbocycles. The highest BCUT2D eigenvalue weighted by atomic mass is 19.1. The smallest absolute Gasteiger partial charge is 0.317 e. The third-order valence-corrected chi connectivity index (χ3v) is 12.5. The fraction of sp³-hybridized carbons (Fsp3) is 0.622. The van der Waals surface area contributed by atoms with Gasteiger partial charge in [0.25, 0.3) is 0 Å². The van der Waals surface area contributed by atoms with Gasteiger partial charge in [0.15, 0.2) is 12.0 Å². The van der Waals surface area contributed by atoms with E-state index in [1.807, 2.05) is 24.7 Å². The van der Waals surface area contributed by atoms with Crippen LogP contribution in [0.15, 0.2) is 18.5 Å². The zero-order valence-electron chi connectivity index (χ0n) is 28.1. The average Bonchev–Trinajstić information content (AvgIpc) is 3.81. The molecule has 4 atom stereocenters. The van der Waals surface area contributed by atoms with E-state index in [0.29, 0.717) is 30.7 Å². The first-order chi connectivity index (χ1) is 23.4. The monoisotopic (exact) mass is 655 g/mol. The molecule has 1 spiro atoms. The van der Waals surface area contributed by atoms with Crippen LogP contribution in [0.2, 0.25) is 0 Å². The van der Waals surface area contributed by atoms with Crippen LogP contribution in [0.1, 0.15) is 93.2 Å². The molecule has 1 aromatic carbocycles. The number of aliphatic hydroxyl groups is 1. The first-order valence-electron chi connectivity index (χ1n) is 18.1. The summed E-state index contributed by atoms with van der Waals surface area (Å²) in [6.45, 7) is 9.21. The van der Waals surface area contributed by atoms with Crippen molar-refractivity contribution >= 4 is 21.8 Å². The fourth-order valence-corrected chi connectivity index (χ4v) is 9.88. The number of aryl methyl sites for hydroxylation is 1. The van der Waals surface area contributed by atoms with Crippen LogP contribution < -0.4 is 10.1 Å². The van der Waals surface area contributed by atoms with Crippen LogP contribution in [-0.2, 0) is 4.74 Å². The average molecular weight is 656 g/mol. The van der Waals surface area contributed by atoms with Gasteiger partial charge in [0.1, 0.15) is 17.8 Å². The Labute approximate surface area is 280 Å². The van der Waals surface area contributed by atoms with Crippen molar-refractivity contribution in [2.24, 2.45) is 5.41 Å². The van der Waals surface area contributed by atoms with Gasteiger partial charge in [0.05, 0.1) is 29.1 Å². The molecule has 9 rings (SSSR count). The maximum atomic E-state index is 17.2. The Kier molecular flexibility index (Phi) is 7.49. The number of hydrogen-bond donors (Lipinski definition) is 2. The number of rotatable bonds is 6. The van der Waals surface area contributed by atoms with Crippen molar-refractivity contribution in [1.82, 2.24) is 34.9 Å². The van der Waals surface area contributed by atoms with Crippen LogP contribution in [0.25, 0.3) is 33.1 Å². The number of benzene rings is 1. The molecule has 4 aromatic rings. The highest BCUT2D eigenvalue weighted by Crippen LogP contribution is 2.57. The summed E-state index contributed by atoms with van der Waals surface area (Å²) in [4.78, 5) is 17.2. The molecular formula is C37H46FN7O3. The number of ether oxygens (including phenoxy) is 2. The van der Waals surface area contributed by atoms with E-state index in [9.17, 15) is 5.11 Å². The number of hydrogen-bond acceptors (Lipinski definition) is 9. The molecule has 0 radical (unpaired) electrons. The number of aromatic nitrogens is 5. The topological polar surface area (TPSA) is 110 Å². The Morgan fingerprint density at radius 1 is 1.06 bits per heavy atom. The molecule has 4 aliphatic heterocycles. The number of fused-ring (bicyclic) bond motifs is 3. The molecule has 0 bridgehead atoms. The molecule has 3 aromatic heterocycles. The lowest BCUT2D eigenvalue weighted by Gasteiger charge is -2.55. The normalized spacial score (nSPS) is 28.7. The molecule has 10 nitrogen and oxygen atoms in total. The zero-order valence-corrected chi connectivity index (χ0v) is 28.1. The van der Waals surface area contributed by atoms with Crippen molar-refractivity contribution in [3.63, 3.8) is 0 Å². The molecule has 5 aliphatic rings. The van der Waals surface area contributed by atoms with Crippen LogP contribution in [0, 0.1) is 25.1 Å². The van der Waals surface area contributed by atoms with Gasteiger partial charge in [-0.15, -0.1) is 0 Å². The van der Waals surface area contributed by atoms with Crippen molar-refractivity contribution in [2.45, 2.75) is 102 Å². The summed E-state index contributed by atoms with van der Waals surface area (Å²) in [6.07, 6.45) is 13.1. The maximum absolute atomic E-state index is 17.2. The van der Waals surface area contributed by atoms with E-state index >= 15 is 4.39 Å². The van der Waals surface area contributed by atoms with Gasteiger partial charge in [-0.25, -0.2) is 9.07 Å². The highest BCUT2D eigenvalue weighted by molar-refractivity contribution is 5.98. The van der Waals surface area contributed by atoms with Crippen molar-refractivity contribution in [3.05, 3.63) is 41.1 Å². The second-order valence-electron chi connectivity index (χ2n) is 15.2. The van der Waals surface area contributed by atoms with Gasteiger partial charge < -0.3 is 19.9 Å². The minimum absolute atomic E-state index is 0.00257. The Morgan fingerprint density at radius 2 is 1.92 bits per heavy atom. The summed E-state index contributed by atoms with van der Waals surface area (Å²) in [5.74, 6) is -0.747. The number of piperidine rings is 1. The van der Waals surface area contributed by atoms with Crippen LogP contribution in [0.4, 0.5) is 4.39 Å². The van der Waals surface area contributed by atoms with Crippen molar-refractivity contribution in [1.29, 1.82) is 0 Å². The molecule has 0 amide bonds. The minimum atomic E-state index is -0.566. The van der Waals surface area contributed by atoms with Crippen molar-refractivity contribution in [2.75, 3.05) is 39.4 Å². The number of nitrogens with zero attached hydrogens (tertiary/aromatic N) is 6. The van der Waals surface area contributed by atoms with E-state index in [1.165, 1.54) is 0 Å². The Bertz CT molecular complexity index is 1870. The number of halogens is 1. The summed E-state index contributed by atoms with van der Waals surface area (Å²) in [6, 6.07) is 2.31. The van der Waals surface area contributed by atoms with E-state index in [2.05, 4.69) is 16.3 Å². The lowest BCUT2D eigenvalue weighted by Crippen LogP contribution is -2.57. The third-order valence-electron chi connectivity index (χ3n) is 12.5. The quantitative estimate of drug-likeness (QED) is 0.270. The number of nitrogens with one attached hydrogen (secondary N) is 1. The largest absolute Gasteiger partial charge is 0.461 e. The molecule has 11 heteroatoms. The predicted octanol–water partition coefficient (Wildman–Crippen LogP) is 5.72. The van der Waals surface area contributed by atoms with Gasteiger partial charge >= 0.3 is 6.01 Å². The molecule has 1 saturated carbocycles. The van der Waals surface area contributed by atoms with E-state index < -0.39 is 11.9 Å². The number of pyridine rings is 1. The lowest BCUT2D eigenvalue weighted by atomic mass is 9.53. The molecule has 5 fully saturated rings. The molecule has 7 heterocycles. The van der Waals surface area contributed by atoms with E-state index in [1.54, 1.807) is 6.20 Å². The second kappa shape index (κ2) is 11.7. The first-order valence-corrected chi connectivity index (χ1v) is 18.1. The predicted molar refractivity (Wildman–Crippen MR) is 181 cm³/mol. The van der Waals surface area contributed by atoms with Gasteiger partial charge in [0.2, 0.25) is 0 Å². The number of aliphatic hydroxyl groups excluding tert-OH is 1. The maximum Gasteiger partial charge on any atom is 0.317 e. The van der Waals surface area contributed by atoms with Gasteiger partial charge in [0, 0.05) is 41.6 Å². The molecule has 4 saturated heterocycles. The van der Waals surface area contributed by atoms with E-state index in [4.69, 9.17) is 29.5 Å². The summed E-state index contributed by atoms with van der Waals surface area (Å²) < 4.78 is 31.8. The SMILES string of the molecule is Cc1cc2c(cnn2C2CCCCO2)c(-c2ncc3c(C4C(O)CC45CCCNC5)nc(OCC45CCCN4CCC5)nc3c2F)c1C. The van der Waals surface area contributed by atoms with Crippen LogP contribution >= 0.6 is 0 Å². The zero-order chi connectivity index (χ0) is 32.6. The van der Waals surface area contributed by atoms with E-state index in [0.717, 1.165) is 112 Å². The standard InChI is InChI=1S/C37H46FN7O3/c1-22-16-26-24(19-41-45(26)28-8-3-4-15-47-28)29(23(22)2)34-31(38)33-25(18-40-34)32(30-27(46)17-36(30)9-5-12-39-20-36)42-35(43-33)48-21-37-10-6-13-44(37)14-7-11-37/h16,18-19,27-28,30,39,46H,3-15,17,20-21H2,1-2H3. The molecule has 254 valence electrons. The highest BCUT2D eigenvalue weighted by Gasteiger charge is 2.55. The van der Waals surface area contributed by atoms with E-state index in [-0.39, 0.29) is 40.3 Å². The second-order valence-corrected chi connectivity index (χ2v) is 15.2. The minimum Gasteiger partial charge on any atom is -0.461 e. The Morgan fingerprint density at radius 3 is 2.67 bits per heavy atom. The lowest BCUT2D eigenvalue weighted by molar-refractivity contribution is -0.0770. The molecular weight excluding hydrogens is 609 g/mol. The fourth-order valence-electron chi connectivity index (χ4n) is 9.88. The van der Waals surface area contributed by atoms with Crippen LogP contribution in [-0.4, -0.2) is 85.8 Å².